The normalized spacial score (nSPS) is 15.0. The molecule has 24 heavy (non-hydrogen) atoms. The summed E-state index contributed by atoms with van der Waals surface area (Å²) in [5.74, 6) is 0.611. The Morgan fingerprint density at radius 2 is 1.83 bits per heavy atom. The van der Waals surface area contributed by atoms with Gasteiger partial charge in [-0.15, -0.1) is 10.2 Å². The number of hydrogen-bond donors (Lipinski definition) is 1. The Morgan fingerprint density at radius 3 is 2.46 bits per heavy atom. The van der Waals surface area contributed by atoms with E-state index < -0.39 is 0 Å². The average Bonchev–Trinajstić information content (AvgIpc) is 2.88. The molecule has 1 saturated heterocycles. The predicted molar refractivity (Wildman–Crippen MR) is 99.5 cm³/mol. The number of amides is 1. The monoisotopic (exact) mass is 388 g/mol. The maximum atomic E-state index is 12.3. The molecule has 0 aliphatic carbocycles. The van der Waals surface area contributed by atoms with Crippen LogP contribution >= 0.6 is 15.9 Å². The molecule has 1 aromatic heterocycles. The Labute approximate surface area is 150 Å². The first kappa shape index (κ1) is 16.9. The topological polar surface area (TPSA) is 58.1 Å². The van der Waals surface area contributed by atoms with Gasteiger partial charge in [-0.05, 0) is 55.7 Å². The maximum Gasteiger partial charge on any atom is 0.276 e. The van der Waals surface area contributed by atoms with Gasteiger partial charge in [-0.2, -0.15) is 0 Å². The summed E-state index contributed by atoms with van der Waals surface area (Å²) in [6, 6.07) is 9.32. The summed E-state index contributed by atoms with van der Waals surface area (Å²) in [4.78, 5) is 14.6. The Kier molecular flexibility index (Phi) is 5.45. The number of carbonyl (C=O) groups is 1. The molecule has 1 fully saturated rings. The molecule has 3 rings (SSSR count). The number of hydrogen-bond acceptors (Lipinski definition) is 4. The lowest BCUT2D eigenvalue weighted by Crippen LogP contribution is -2.25. The molecule has 0 saturated carbocycles. The van der Waals surface area contributed by atoms with E-state index >= 15 is 0 Å². The van der Waals surface area contributed by atoms with Crippen molar-refractivity contribution in [2.45, 2.75) is 32.6 Å². The van der Waals surface area contributed by atoms with Crippen LogP contribution in [0.25, 0.3) is 0 Å². The van der Waals surface area contributed by atoms with Gasteiger partial charge in [0.1, 0.15) is 0 Å². The number of aromatic nitrogens is 2. The van der Waals surface area contributed by atoms with Crippen molar-refractivity contribution in [2.24, 2.45) is 0 Å². The van der Waals surface area contributed by atoms with Gasteiger partial charge in [0.25, 0.3) is 5.91 Å². The zero-order valence-corrected chi connectivity index (χ0v) is 15.3. The molecule has 0 spiro atoms. The molecule has 1 N–H and O–H groups in total. The summed E-state index contributed by atoms with van der Waals surface area (Å²) in [5, 5.41) is 11.2. The number of rotatable bonds is 3. The van der Waals surface area contributed by atoms with Gasteiger partial charge in [0.05, 0.1) is 0 Å². The van der Waals surface area contributed by atoms with Gasteiger partial charge in [-0.25, -0.2) is 0 Å². The molecule has 5 nitrogen and oxygen atoms in total. The first-order chi connectivity index (χ1) is 11.6. The molecule has 2 heterocycles. The number of nitrogens with zero attached hydrogens (tertiary/aromatic N) is 3. The lowest BCUT2D eigenvalue weighted by Gasteiger charge is -2.20. The van der Waals surface area contributed by atoms with Crippen molar-refractivity contribution in [1.29, 1.82) is 0 Å². The van der Waals surface area contributed by atoms with Gasteiger partial charge in [0.2, 0.25) is 0 Å². The smallest absolute Gasteiger partial charge is 0.276 e. The Bertz CT molecular complexity index is 709. The van der Waals surface area contributed by atoms with Gasteiger partial charge < -0.3 is 10.2 Å². The molecule has 1 aliphatic rings. The molecular weight excluding hydrogens is 368 g/mol. The summed E-state index contributed by atoms with van der Waals surface area (Å²) in [6.07, 6.45) is 4.92. The number of benzene rings is 1. The van der Waals surface area contributed by atoms with Gasteiger partial charge in [0.15, 0.2) is 11.5 Å². The van der Waals surface area contributed by atoms with Crippen LogP contribution < -0.4 is 10.2 Å². The van der Waals surface area contributed by atoms with Crippen molar-refractivity contribution in [3.05, 3.63) is 46.1 Å². The Balaban J connectivity index is 1.68. The summed E-state index contributed by atoms with van der Waals surface area (Å²) in [7, 11) is 0. The van der Waals surface area contributed by atoms with Crippen LogP contribution in [0.3, 0.4) is 0 Å². The van der Waals surface area contributed by atoms with Crippen molar-refractivity contribution in [3.63, 3.8) is 0 Å². The highest BCUT2D eigenvalue weighted by Crippen LogP contribution is 2.21. The van der Waals surface area contributed by atoms with E-state index in [2.05, 4.69) is 36.3 Å². The van der Waals surface area contributed by atoms with E-state index in [4.69, 9.17) is 0 Å². The minimum absolute atomic E-state index is 0.244. The van der Waals surface area contributed by atoms with Crippen LogP contribution in [-0.4, -0.2) is 29.2 Å². The third-order valence-corrected chi connectivity index (χ3v) is 5.12. The average molecular weight is 389 g/mol. The van der Waals surface area contributed by atoms with E-state index in [1.807, 2.05) is 31.2 Å². The second kappa shape index (κ2) is 7.75. The molecule has 0 bridgehead atoms. The SMILES string of the molecule is Cc1cc(NC(=O)c2ccc(N3CCCCCC3)nn2)ccc1Br. The van der Waals surface area contributed by atoms with Crippen LogP contribution in [-0.2, 0) is 0 Å². The van der Waals surface area contributed by atoms with Gasteiger partial charge in [0, 0.05) is 23.2 Å². The molecule has 2 aromatic rings. The van der Waals surface area contributed by atoms with Gasteiger partial charge in [-0.3, -0.25) is 4.79 Å². The first-order valence-electron chi connectivity index (χ1n) is 8.30. The highest BCUT2D eigenvalue weighted by molar-refractivity contribution is 9.10. The van der Waals surface area contributed by atoms with E-state index in [0.29, 0.717) is 5.69 Å². The van der Waals surface area contributed by atoms with Crippen LogP contribution in [0.2, 0.25) is 0 Å². The van der Waals surface area contributed by atoms with Crippen LogP contribution in [0.1, 0.15) is 41.7 Å². The number of halogens is 1. The second-order valence-corrected chi connectivity index (χ2v) is 6.95. The molecule has 1 aromatic carbocycles. The second-order valence-electron chi connectivity index (χ2n) is 6.10. The molecule has 1 aliphatic heterocycles. The lowest BCUT2D eigenvalue weighted by molar-refractivity contribution is 0.102. The van der Waals surface area contributed by atoms with Crippen LogP contribution in [0.15, 0.2) is 34.8 Å². The molecular formula is C18H21BrN4O. The molecule has 6 heteroatoms. The highest BCUT2D eigenvalue weighted by Gasteiger charge is 2.14. The van der Waals surface area contributed by atoms with E-state index in [1.54, 1.807) is 6.07 Å². The third-order valence-electron chi connectivity index (χ3n) is 4.23. The fraction of sp³-hybridized carbons (Fsp3) is 0.389. The number of carbonyl (C=O) groups excluding carboxylic acids is 1. The minimum atomic E-state index is -0.244. The first-order valence-corrected chi connectivity index (χ1v) is 9.09. The van der Waals surface area contributed by atoms with Crippen molar-refractivity contribution < 1.29 is 4.79 Å². The molecule has 0 radical (unpaired) electrons. The molecule has 0 atom stereocenters. The predicted octanol–water partition coefficient (Wildman–Crippen LogP) is 4.18. The zero-order valence-electron chi connectivity index (χ0n) is 13.8. The van der Waals surface area contributed by atoms with Crippen molar-refractivity contribution >= 4 is 33.3 Å². The lowest BCUT2D eigenvalue weighted by atomic mass is 10.2. The van der Waals surface area contributed by atoms with E-state index in [0.717, 1.165) is 34.6 Å². The quantitative estimate of drug-likeness (QED) is 0.856. The van der Waals surface area contributed by atoms with E-state index in [-0.39, 0.29) is 5.91 Å². The number of nitrogens with one attached hydrogen (secondary N) is 1. The summed E-state index contributed by atoms with van der Waals surface area (Å²) < 4.78 is 1.02. The van der Waals surface area contributed by atoms with Crippen LogP contribution in [0.5, 0.6) is 0 Å². The number of aryl methyl sites for hydroxylation is 1. The van der Waals surface area contributed by atoms with E-state index in [9.17, 15) is 4.79 Å². The largest absolute Gasteiger partial charge is 0.355 e. The third kappa shape index (κ3) is 4.12. The van der Waals surface area contributed by atoms with Crippen molar-refractivity contribution in [1.82, 2.24) is 10.2 Å². The van der Waals surface area contributed by atoms with Crippen molar-refractivity contribution in [3.8, 4) is 0 Å². The van der Waals surface area contributed by atoms with Gasteiger partial charge in [-0.1, -0.05) is 28.8 Å². The van der Waals surface area contributed by atoms with E-state index in [1.165, 1.54) is 25.7 Å². The maximum absolute atomic E-state index is 12.3. The fourth-order valence-corrected chi connectivity index (χ4v) is 3.08. The van der Waals surface area contributed by atoms with Crippen LogP contribution in [0, 0.1) is 6.92 Å². The van der Waals surface area contributed by atoms with Crippen molar-refractivity contribution in [2.75, 3.05) is 23.3 Å². The summed E-state index contributed by atoms with van der Waals surface area (Å²) in [6.45, 7) is 4.01. The minimum Gasteiger partial charge on any atom is -0.355 e. The fourth-order valence-electron chi connectivity index (χ4n) is 2.83. The highest BCUT2D eigenvalue weighted by atomic mass is 79.9. The number of anilines is 2. The Morgan fingerprint density at radius 1 is 1.08 bits per heavy atom. The zero-order chi connectivity index (χ0) is 16.9. The van der Waals surface area contributed by atoms with Gasteiger partial charge >= 0.3 is 0 Å². The standard InChI is InChI=1S/C18H21BrN4O/c1-13-12-14(6-7-15(13)19)20-18(24)16-8-9-17(22-21-16)23-10-4-2-3-5-11-23/h6-9,12H,2-5,10-11H2,1H3,(H,20,24). The van der Waals surface area contributed by atoms with Crippen LogP contribution in [0.4, 0.5) is 11.5 Å². The molecule has 1 amide bonds. The molecule has 0 unspecified atom stereocenters. The summed E-state index contributed by atoms with van der Waals surface area (Å²) in [5.41, 5.74) is 2.14. The summed E-state index contributed by atoms with van der Waals surface area (Å²) >= 11 is 3.45. The Hall–Kier alpha value is -1.95. The molecule has 126 valence electrons.